The summed E-state index contributed by atoms with van der Waals surface area (Å²) in [7, 11) is -1.99. The highest BCUT2D eigenvalue weighted by Crippen LogP contribution is 2.18. The second-order valence-electron chi connectivity index (χ2n) is 6.24. The lowest BCUT2D eigenvalue weighted by molar-refractivity contribution is -0.123. The molecule has 0 aromatic heterocycles. The van der Waals surface area contributed by atoms with Crippen LogP contribution < -0.4 is 15.4 Å². The van der Waals surface area contributed by atoms with Gasteiger partial charge in [0, 0.05) is 45.2 Å². The van der Waals surface area contributed by atoms with Crippen LogP contribution in [0.5, 0.6) is 5.75 Å². The molecule has 1 aliphatic heterocycles. The standard InChI is InChI=1S/C17H27N3O4S/c1-14(17(21)19-9-12-20-10-7-18-8-11-20)13-25(22,23)16-5-3-15(24-2)4-6-16/h3-6,14,18H,7-13H2,1-2H3,(H,19,21). The second kappa shape index (κ2) is 9.17. The summed E-state index contributed by atoms with van der Waals surface area (Å²) in [5.74, 6) is -0.446. The lowest BCUT2D eigenvalue weighted by atomic mass is 10.2. The number of sulfone groups is 1. The number of carbonyl (C=O) groups is 1. The number of amides is 1. The largest absolute Gasteiger partial charge is 0.497 e. The number of methoxy groups -OCH3 is 1. The van der Waals surface area contributed by atoms with Crippen molar-refractivity contribution < 1.29 is 17.9 Å². The normalized spacial score (nSPS) is 17.0. The third kappa shape index (κ3) is 5.98. The zero-order valence-corrected chi connectivity index (χ0v) is 15.6. The van der Waals surface area contributed by atoms with Crippen molar-refractivity contribution in [2.75, 3.05) is 52.1 Å². The van der Waals surface area contributed by atoms with Crippen molar-refractivity contribution in [2.45, 2.75) is 11.8 Å². The van der Waals surface area contributed by atoms with Gasteiger partial charge in [-0.15, -0.1) is 0 Å². The van der Waals surface area contributed by atoms with E-state index in [1.807, 2.05) is 0 Å². The summed E-state index contributed by atoms with van der Waals surface area (Å²) >= 11 is 0. The third-order valence-electron chi connectivity index (χ3n) is 4.27. The molecule has 1 unspecified atom stereocenters. The van der Waals surface area contributed by atoms with Crippen molar-refractivity contribution in [3.8, 4) is 5.75 Å². The van der Waals surface area contributed by atoms with Gasteiger partial charge in [-0.05, 0) is 24.3 Å². The maximum absolute atomic E-state index is 12.4. The lowest BCUT2D eigenvalue weighted by Crippen LogP contribution is -2.46. The smallest absolute Gasteiger partial charge is 0.223 e. The van der Waals surface area contributed by atoms with Crippen molar-refractivity contribution in [2.24, 2.45) is 5.92 Å². The number of nitrogens with zero attached hydrogens (tertiary/aromatic N) is 1. The molecule has 0 aliphatic carbocycles. The average Bonchev–Trinajstić information content (AvgIpc) is 2.62. The van der Waals surface area contributed by atoms with E-state index in [1.165, 1.54) is 19.2 Å². The van der Waals surface area contributed by atoms with E-state index in [0.717, 1.165) is 32.7 Å². The van der Waals surface area contributed by atoms with Crippen LogP contribution in [0.25, 0.3) is 0 Å². The fourth-order valence-corrected chi connectivity index (χ4v) is 4.28. The molecule has 0 radical (unpaired) electrons. The summed E-state index contributed by atoms with van der Waals surface area (Å²) in [4.78, 5) is 14.6. The van der Waals surface area contributed by atoms with Gasteiger partial charge in [0.2, 0.25) is 5.91 Å². The van der Waals surface area contributed by atoms with Gasteiger partial charge >= 0.3 is 0 Å². The minimum absolute atomic E-state index is 0.203. The highest BCUT2D eigenvalue weighted by Gasteiger charge is 2.23. The molecule has 140 valence electrons. The number of piperazine rings is 1. The Morgan fingerprint density at radius 2 is 1.92 bits per heavy atom. The van der Waals surface area contributed by atoms with Gasteiger partial charge in [-0.25, -0.2) is 8.42 Å². The van der Waals surface area contributed by atoms with Crippen LogP contribution in [0.15, 0.2) is 29.2 Å². The monoisotopic (exact) mass is 369 g/mol. The van der Waals surface area contributed by atoms with Crippen LogP contribution in [0.2, 0.25) is 0 Å². The molecule has 2 N–H and O–H groups in total. The summed E-state index contributed by atoms with van der Waals surface area (Å²) in [5.41, 5.74) is 0. The number of nitrogens with one attached hydrogen (secondary N) is 2. The fourth-order valence-electron chi connectivity index (χ4n) is 2.73. The maximum Gasteiger partial charge on any atom is 0.223 e. The summed E-state index contributed by atoms with van der Waals surface area (Å²) in [6.07, 6.45) is 0. The molecule has 1 amide bonds. The summed E-state index contributed by atoms with van der Waals surface area (Å²) in [6, 6.07) is 6.21. The van der Waals surface area contributed by atoms with E-state index in [2.05, 4.69) is 15.5 Å². The van der Waals surface area contributed by atoms with Gasteiger partial charge in [0.25, 0.3) is 0 Å². The summed E-state index contributed by atoms with van der Waals surface area (Å²) in [6.45, 7) is 6.82. The molecule has 25 heavy (non-hydrogen) atoms. The Labute approximate surface area is 149 Å². The quantitative estimate of drug-likeness (QED) is 0.677. The second-order valence-corrected chi connectivity index (χ2v) is 8.27. The Morgan fingerprint density at radius 1 is 1.28 bits per heavy atom. The van der Waals surface area contributed by atoms with Crippen LogP contribution in [0.1, 0.15) is 6.92 Å². The molecule has 0 saturated carbocycles. The van der Waals surface area contributed by atoms with Crippen LogP contribution in [-0.4, -0.2) is 71.4 Å². The first kappa shape index (κ1) is 19.7. The number of hydrogen-bond donors (Lipinski definition) is 2. The van der Waals surface area contributed by atoms with Gasteiger partial charge < -0.3 is 15.4 Å². The molecule has 2 rings (SSSR count). The van der Waals surface area contributed by atoms with E-state index in [1.54, 1.807) is 19.1 Å². The Bertz CT molecular complexity index is 655. The Balaban J connectivity index is 1.81. The molecule has 0 spiro atoms. The van der Waals surface area contributed by atoms with Gasteiger partial charge in [0.05, 0.1) is 17.8 Å². The van der Waals surface area contributed by atoms with E-state index in [4.69, 9.17) is 4.74 Å². The maximum atomic E-state index is 12.4. The molecule has 0 bridgehead atoms. The molecule has 1 aliphatic rings. The number of hydrogen-bond acceptors (Lipinski definition) is 6. The van der Waals surface area contributed by atoms with E-state index in [-0.39, 0.29) is 16.6 Å². The number of rotatable bonds is 8. The van der Waals surface area contributed by atoms with Crippen molar-refractivity contribution in [3.05, 3.63) is 24.3 Å². The Morgan fingerprint density at radius 3 is 2.52 bits per heavy atom. The zero-order valence-electron chi connectivity index (χ0n) is 14.8. The van der Waals surface area contributed by atoms with Crippen LogP contribution in [0.4, 0.5) is 0 Å². The first-order valence-electron chi connectivity index (χ1n) is 8.50. The SMILES string of the molecule is COc1ccc(S(=O)(=O)CC(C)C(=O)NCCN2CCNCC2)cc1. The molecule has 1 aromatic rings. The third-order valence-corrected chi connectivity index (χ3v) is 6.20. The van der Waals surface area contributed by atoms with Crippen LogP contribution in [-0.2, 0) is 14.6 Å². The van der Waals surface area contributed by atoms with Crippen molar-refractivity contribution in [1.82, 2.24) is 15.5 Å². The topological polar surface area (TPSA) is 87.7 Å². The molecular weight excluding hydrogens is 342 g/mol. The van der Waals surface area contributed by atoms with Gasteiger partial charge in [0.1, 0.15) is 5.75 Å². The fraction of sp³-hybridized carbons (Fsp3) is 0.588. The van der Waals surface area contributed by atoms with Crippen molar-refractivity contribution >= 4 is 15.7 Å². The summed E-state index contributed by atoms with van der Waals surface area (Å²) in [5, 5.41) is 6.11. The van der Waals surface area contributed by atoms with E-state index in [9.17, 15) is 13.2 Å². The average molecular weight is 369 g/mol. The predicted molar refractivity (Wildman–Crippen MR) is 96.5 cm³/mol. The predicted octanol–water partition coefficient (Wildman–Crippen LogP) is 0.126. The first-order valence-corrected chi connectivity index (χ1v) is 10.1. The minimum Gasteiger partial charge on any atom is -0.497 e. The van der Waals surface area contributed by atoms with Crippen LogP contribution in [0.3, 0.4) is 0 Å². The minimum atomic E-state index is -3.51. The summed E-state index contributed by atoms with van der Waals surface area (Å²) < 4.78 is 29.9. The highest BCUT2D eigenvalue weighted by molar-refractivity contribution is 7.91. The Hall–Kier alpha value is -1.64. The zero-order chi connectivity index (χ0) is 18.3. The molecule has 1 atom stereocenters. The van der Waals surface area contributed by atoms with Gasteiger partial charge in [0.15, 0.2) is 9.84 Å². The Kier molecular flexibility index (Phi) is 7.22. The van der Waals surface area contributed by atoms with Gasteiger partial charge in [-0.3, -0.25) is 9.69 Å². The van der Waals surface area contributed by atoms with Gasteiger partial charge in [-0.2, -0.15) is 0 Å². The van der Waals surface area contributed by atoms with Crippen LogP contribution >= 0.6 is 0 Å². The lowest BCUT2D eigenvalue weighted by Gasteiger charge is -2.27. The highest BCUT2D eigenvalue weighted by atomic mass is 32.2. The van der Waals surface area contributed by atoms with Gasteiger partial charge in [-0.1, -0.05) is 6.92 Å². The molecule has 7 nitrogen and oxygen atoms in total. The van der Waals surface area contributed by atoms with Crippen molar-refractivity contribution in [3.63, 3.8) is 0 Å². The van der Waals surface area contributed by atoms with Crippen LogP contribution in [0, 0.1) is 5.92 Å². The van der Waals surface area contributed by atoms with E-state index < -0.39 is 15.8 Å². The molecule has 1 heterocycles. The van der Waals surface area contributed by atoms with E-state index in [0.29, 0.717) is 12.3 Å². The molecule has 1 saturated heterocycles. The molecule has 1 aromatic carbocycles. The molecule has 1 fully saturated rings. The number of ether oxygens (including phenoxy) is 1. The molecule has 8 heteroatoms. The molecular formula is C17H27N3O4S. The van der Waals surface area contributed by atoms with Crippen molar-refractivity contribution in [1.29, 1.82) is 0 Å². The van der Waals surface area contributed by atoms with E-state index >= 15 is 0 Å². The number of carbonyl (C=O) groups excluding carboxylic acids is 1. The first-order chi connectivity index (χ1) is 11.9. The number of benzene rings is 1.